The second-order valence-corrected chi connectivity index (χ2v) is 5.81. The Morgan fingerprint density at radius 3 is 2.50 bits per heavy atom. The van der Waals surface area contributed by atoms with Crippen molar-refractivity contribution in [3.63, 3.8) is 0 Å². The van der Waals surface area contributed by atoms with Gasteiger partial charge >= 0.3 is 0 Å². The summed E-state index contributed by atoms with van der Waals surface area (Å²) in [6, 6.07) is 16.9. The zero-order chi connectivity index (χ0) is 16.8. The van der Waals surface area contributed by atoms with E-state index >= 15 is 0 Å². The minimum absolute atomic E-state index is 0.107. The van der Waals surface area contributed by atoms with Gasteiger partial charge in [0.25, 0.3) is 5.91 Å². The molecule has 3 rings (SSSR count). The molecule has 1 aromatic heterocycles. The molecule has 1 amide bonds. The minimum Gasteiger partial charge on any atom is -0.487 e. The van der Waals surface area contributed by atoms with Crippen molar-refractivity contribution in [3.05, 3.63) is 77.1 Å². The maximum Gasteiger partial charge on any atom is 0.251 e. The Morgan fingerprint density at radius 2 is 1.83 bits per heavy atom. The van der Waals surface area contributed by atoms with Gasteiger partial charge in [-0.25, -0.2) is 0 Å². The molecule has 1 heterocycles. The third kappa shape index (κ3) is 4.17. The smallest absolute Gasteiger partial charge is 0.251 e. The molecule has 5 nitrogen and oxygen atoms in total. The Morgan fingerprint density at radius 1 is 1.08 bits per heavy atom. The summed E-state index contributed by atoms with van der Waals surface area (Å²) in [6.07, 6.45) is 0. The number of nitrogens with zero attached hydrogens (tertiary/aromatic N) is 2. The zero-order valence-electron chi connectivity index (χ0n) is 13.2. The van der Waals surface area contributed by atoms with Crippen molar-refractivity contribution in [3.8, 4) is 5.75 Å². The lowest BCUT2D eigenvalue weighted by Crippen LogP contribution is -2.22. The fourth-order valence-corrected chi connectivity index (χ4v) is 2.67. The Labute approximate surface area is 144 Å². The number of rotatable bonds is 6. The van der Waals surface area contributed by atoms with Gasteiger partial charge < -0.3 is 10.1 Å². The average Bonchev–Trinajstić information content (AvgIpc) is 3.04. The molecular weight excluding hydrogens is 322 g/mol. The monoisotopic (exact) mass is 339 g/mol. The van der Waals surface area contributed by atoms with E-state index in [-0.39, 0.29) is 5.91 Å². The van der Waals surface area contributed by atoms with Crippen LogP contribution in [0.3, 0.4) is 0 Å². The Balaban J connectivity index is 1.53. The Kier molecular flexibility index (Phi) is 5.18. The van der Waals surface area contributed by atoms with Crippen LogP contribution in [0, 0.1) is 6.92 Å². The molecule has 0 spiro atoms. The predicted molar refractivity (Wildman–Crippen MR) is 93.0 cm³/mol. The highest BCUT2D eigenvalue weighted by molar-refractivity contribution is 6.99. The van der Waals surface area contributed by atoms with Crippen molar-refractivity contribution in [2.45, 2.75) is 20.1 Å². The predicted octanol–water partition coefficient (Wildman–Crippen LogP) is 3.36. The summed E-state index contributed by atoms with van der Waals surface area (Å²) in [5.41, 5.74) is 3.39. The van der Waals surface area contributed by atoms with Gasteiger partial charge in [-0.15, -0.1) is 0 Å². The topological polar surface area (TPSA) is 64.1 Å². The van der Waals surface area contributed by atoms with E-state index < -0.39 is 0 Å². The van der Waals surface area contributed by atoms with E-state index in [1.807, 2.05) is 37.3 Å². The summed E-state index contributed by atoms with van der Waals surface area (Å²) in [5.74, 6) is 0.590. The van der Waals surface area contributed by atoms with E-state index in [0.29, 0.717) is 24.5 Å². The molecule has 2 aromatic carbocycles. The van der Waals surface area contributed by atoms with Crippen molar-refractivity contribution in [1.82, 2.24) is 14.1 Å². The van der Waals surface area contributed by atoms with E-state index in [9.17, 15) is 4.79 Å². The lowest BCUT2D eigenvalue weighted by Gasteiger charge is -2.07. The first kappa shape index (κ1) is 16.1. The van der Waals surface area contributed by atoms with Crippen LogP contribution >= 0.6 is 11.7 Å². The van der Waals surface area contributed by atoms with E-state index in [2.05, 4.69) is 14.1 Å². The summed E-state index contributed by atoms with van der Waals surface area (Å²) in [7, 11) is 0. The highest BCUT2D eigenvalue weighted by Gasteiger charge is 2.07. The summed E-state index contributed by atoms with van der Waals surface area (Å²) >= 11 is 1.18. The van der Waals surface area contributed by atoms with E-state index in [4.69, 9.17) is 4.74 Å². The maximum atomic E-state index is 12.1. The molecule has 0 bridgehead atoms. The molecule has 0 aliphatic carbocycles. The fraction of sp³-hybridized carbons (Fsp3) is 0.167. The minimum atomic E-state index is -0.107. The van der Waals surface area contributed by atoms with Gasteiger partial charge in [0.1, 0.15) is 18.1 Å². The van der Waals surface area contributed by atoms with Gasteiger partial charge in [-0.2, -0.15) is 8.75 Å². The second-order valence-electron chi connectivity index (χ2n) is 5.28. The number of hydrogen-bond acceptors (Lipinski definition) is 5. The molecule has 3 aromatic rings. The van der Waals surface area contributed by atoms with Gasteiger partial charge in [-0.1, -0.05) is 30.3 Å². The molecule has 0 unspecified atom stereocenters. The third-order valence-corrected chi connectivity index (χ3v) is 4.19. The SMILES string of the molecule is Cc1nsnc1COc1ccc(C(=O)NCc2ccccc2)cc1. The van der Waals surface area contributed by atoms with Gasteiger partial charge in [0.15, 0.2) is 0 Å². The molecule has 6 heteroatoms. The number of aryl methyl sites for hydroxylation is 1. The molecule has 122 valence electrons. The highest BCUT2D eigenvalue weighted by Crippen LogP contribution is 2.15. The second kappa shape index (κ2) is 7.70. The lowest BCUT2D eigenvalue weighted by molar-refractivity contribution is 0.0951. The van der Waals surface area contributed by atoms with Crippen LogP contribution in [0.4, 0.5) is 0 Å². The molecule has 0 saturated carbocycles. The number of ether oxygens (including phenoxy) is 1. The Hall–Kier alpha value is -2.73. The first-order chi connectivity index (χ1) is 11.7. The molecule has 0 radical (unpaired) electrons. The molecule has 24 heavy (non-hydrogen) atoms. The van der Waals surface area contributed by atoms with Gasteiger partial charge in [0, 0.05) is 12.1 Å². The molecule has 0 atom stereocenters. The number of aromatic nitrogens is 2. The number of carbonyl (C=O) groups excluding carboxylic acids is 1. The van der Waals surface area contributed by atoms with Gasteiger partial charge in [0.05, 0.1) is 17.4 Å². The van der Waals surface area contributed by atoms with Crippen LogP contribution in [0.5, 0.6) is 5.75 Å². The summed E-state index contributed by atoms with van der Waals surface area (Å²) in [4.78, 5) is 12.1. The average molecular weight is 339 g/mol. The van der Waals surface area contributed by atoms with Crippen molar-refractivity contribution >= 4 is 17.6 Å². The van der Waals surface area contributed by atoms with Crippen LogP contribution in [0.25, 0.3) is 0 Å². The number of hydrogen-bond donors (Lipinski definition) is 1. The molecular formula is C18H17N3O2S. The van der Waals surface area contributed by atoms with E-state index in [1.54, 1.807) is 24.3 Å². The standard InChI is InChI=1S/C18H17N3O2S/c1-13-17(21-24-20-13)12-23-16-9-7-15(8-10-16)18(22)19-11-14-5-3-2-4-6-14/h2-10H,11-12H2,1H3,(H,19,22). The van der Waals surface area contributed by atoms with Crippen molar-refractivity contribution < 1.29 is 9.53 Å². The van der Waals surface area contributed by atoms with Crippen molar-refractivity contribution in [2.75, 3.05) is 0 Å². The van der Waals surface area contributed by atoms with Crippen LogP contribution in [0.2, 0.25) is 0 Å². The number of amides is 1. The number of carbonyl (C=O) groups is 1. The fourth-order valence-electron chi connectivity index (χ4n) is 2.11. The molecule has 0 fully saturated rings. The summed E-state index contributed by atoms with van der Waals surface area (Å²) in [6.45, 7) is 2.79. The lowest BCUT2D eigenvalue weighted by atomic mass is 10.2. The van der Waals surface area contributed by atoms with E-state index in [0.717, 1.165) is 17.0 Å². The van der Waals surface area contributed by atoms with Gasteiger partial charge in [-0.05, 0) is 36.8 Å². The van der Waals surface area contributed by atoms with Gasteiger partial charge in [0.2, 0.25) is 0 Å². The molecule has 0 aliphatic rings. The van der Waals surface area contributed by atoms with Gasteiger partial charge in [-0.3, -0.25) is 4.79 Å². The first-order valence-corrected chi connectivity index (χ1v) is 8.28. The quantitative estimate of drug-likeness (QED) is 0.748. The normalized spacial score (nSPS) is 10.4. The largest absolute Gasteiger partial charge is 0.487 e. The van der Waals surface area contributed by atoms with Crippen molar-refractivity contribution in [2.24, 2.45) is 0 Å². The van der Waals surface area contributed by atoms with Crippen molar-refractivity contribution in [1.29, 1.82) is 0 Å². The maximum absolute atomic E-state index is 12.1. The highest BCUT2D eigenvalue weighted by atomic mass is 32.1. The first-order valence-electron chi connectivity index (χ1n) is 7.55. The van der Waals surface area contributed by atoms with Crippen LogP contribution in [-0.4, -0.2) is 14.7 Å². The number of benzene rings is 2. The van der Waals surface area contributed by atoms with Crippen LogP contribution in [0.15, 0.2) is 54.6 Å². The van der Waals surface area contributed by atoms with Crippen LogP contribution < -0.4 is 10.1 Å². The van der Waals surface area contributed by atoms with Crippen LogP contribution in [0.1, 0.15) is 27.3 Å². The molecule has 0 aliphatic heterocycles. The van der Waals surface area contributed by atoms with Crippen LogP contribution in [-0.2, 0) is 13.2 Å². The zero-order valence-corrected chi connectivity index (χ0v) is 14.0. The molecule has 1 N–H and O–H groups in total. The molecule has 0 saturated heterocycles. The third-order valence-electron chi connectivity index (χ3n) is 3.53. The summed E-state index contributed by atoms with van der Waals surface area (Å²) < 4.78 is 13.9. The van der Waals surface area contributed by atoms with E-state index in [1.165, 1.54) is 11.7 Å². The number of nitrogens with one attached hydrogen (secondary N) is 1. The summed E-state index contributed by atoms with van der Waals surface area (Å²) in [5, 5.41) is 2.90. The Bertz CT molecular complexity index is 801.